The van der Waals surface area contributed by atoms with E-state index >= 15 is 0 Å². The van der Waals surface area contributed by atoms with Crippen molar-refractivity contribution in [1.82, 2.24) is 4.72 Å². The summed E-state index contributed by atoms with van der Waals surface area (Å²) in [6, 6.07) is 0. The lowest BCUT2D eigenvalue weighted by molar-refractivity contribution is 0.185. The van der Waals surface area contributed by atoms with E-state index in [1.807, 2.05) is 0 Å². The van der Waals surface area contributed by atoms with Crippen molar-refractivity contribution in [2.45, 2.75) is 6.10 Å². The Morgan fingerprint density at radius 2 is 2.10 bits per heavy atom. The van der Waals surface area contributed by atoms with Crippen LogP contribution in [-0.4, -0.2) is 37.3 Å². The van der Waals surface area contributed by atoms with Gasteiger partial charge in [-0.1, -0.05) is 0 Å². The lowest BCUT2D eigenvalue weighted by Crippen LogP contribution is -2.35. The van der Waals surface area contributed by atoms with Crippen molar-refractivity contribution in [2.75, 3.05) is 13.1 Å². The van der Waals surface area contributed by atoms with Crippen molar-refractivity contribution in [3.8, 4) is 0 Å². The largest absolute Gasteiger partial charge is 0.390 e. The van der Waals surface area contributed by atoms with E-state index < -0.39 is 16.4 Å². The standard InChI is InChI=1S/C3H10N2O4S/c4-1-3(6)2-5-10(7,8)9/h3,5-6H,1-2,4H2,(H,7,8,9)/t3-/m1/s1. The van der Waals surface area contributed by atoms with Crippen LogP contribution in [0.3, 0.4) is 0 Å². The van der Waals surface area contributed by atoms with E-state index in [-0.39, 0.29) is 13.1 Å². The molecule has 0 aromatic heterocycles. The van der Waals surface area contributed by atoms with Gasteiger partial charge in [-0.05, 0) is 0 Å². The second-order valence-electron chi connectivity index (χ2n) is 1.71. The molecule has 0 aromatic carbocycles. The second-order valence-corrected chi connectivity index (χ2v) is 2.95. The van der Waals surface area contributed by atoms with E-state index in [4.69, 9.17) is 15.4 Å². The van der Waals surface area contributed by atoms with Gasteiger partial charge < -0.3 is 10.8 Å². The van der Waals surface area contributed by atoms with Gasteiger partial charge in [0.1, 0.15) is 0 Å². The number of hydrogen-bond acceptors (Lipinski definition) is 4. The zero-order valence-corrected chi connectivity index (χ0v) is 6.00. The summed E-state index contributed by atoms with van der Waals surface area (Å²) in [5.74, 6) is 0. The van der Waals surface area contributed by atoms with Gasteiger partial charge in [-0.25, -0.2) is 0 Å². The maximum atomic E-state index is 9.94. The molecule has 7 heteroatoms. The molecule has 5 N–H and O–H groups in total. The summed E-state index contributed by atoms with van der Waals surface area (Å²) in [6.07, 6.45) is -0.957. The molecule has 0 bridgehead atoms. The minimum atomic E-state index is -4.19. The zero-order chi connectivity index (χ0) is 8.20. The highest BCUT2D eigenvalue weighted by molar-refractivity contribution is 7.83. The third-order valence-electron chi connectivity index (χ3n) is 0.773. The number of nitrogens with two attached hydrogens (primary N) is 1. The van der Waals surface area contributed by atoms with Gasteiger partial charge in [0.05, 0.1) is 6.10 Å². The summed E-state index contributed by atoms with van der Waals surface area (Å²) in [6.45, 7) is -0.322. The fraction of sp³-hybridized carbons (Fsp3) is 1.00. The summed E-state index contributed by atoms with van der Waals surface area (Å²) in [5.41, 5.74) is 4.93. The molecule has 0 radical (unpaired) electrons. The summed E-state index contributed by atoms with van der Waals surface area (Å²) in [5, 5.41) is 8.66. The van der Waals surface area contributed by atoms with Gasteiger partial charge in [-0.15, -0.1) is 0 Å². The number of aliphatic hydroxyl groups excluding tert-OH is 1. The summed E-state index contributed by atoms with van der Waals surface area (Å²) in [7, 11) is -4.19. The van der Waals surface area contributed by atoms with E-state index in [0.29, 0.717) is 0 Å². The Hall–Kier alpha value is -0.210. The van der Waals surface area contributed by atoms with E-state index in [1.165, 1.54) is 0 Å². The van der Waals surface area contributed by atoms with Gasteiger partial charge in [0, 0.05) is 13.1 Å². The van der Waals surface area contributed by atoms with E-state index in [0.717, 1.165) is 0 Å². The first-order valence-corrected chi connectivity index (χ1v) is 4.00. The molecule has 0 saturated carbocycles. The van der Waals surface area contributed by atoms with Gasteiger partial charge in [0.2, 0.25) is 0 Å². The highest BCUT2D eigenvalue weighted by Crippen LogP contribution is 1.77. The van der Waals surface area contributed by atoms with Crippen molar-refractivity contribution < 1.29 is 18.1 Å². The number of aliphatic hydroxyl groups is 1. The average Bonchev–Trinajstić information content (AvgIpc) is 1.81. The van der Waals surface area contributed by atoms with Crippen LogP contribution >= 0.6 is 0 Å². The second kappa shape index (κ2) is 3.84. The Morgan fingerprint density at radius 3 is 2.40 bits per heavy atom. The van der Waals surface area contributed by atoms with Crippen molar-refractivity contribution >= 4 is 10.3 Å². The van der Waals surface area contributed by atoms with E-state index in [9.17, 15) is 8.42 Å². The number of nitrogens with one attached hydrogen (secondary N) is 1. The monoisotopic (exact) mass is 170 g/mol. The molecule has 0 aliphatic heterocycles. The Morgan fingerprint density at radius 1 is 1.60 bits per heavy atom. The lowest BCUT2D eigenvalue weighted by Gasteiger charge is -2.05. The Balaban J connectivity index is 3.56. The molecule has 0 heterocycles. The molecule has 62 valence electrons. The number of hydrogen-bond donors (Lipinski definition) is 4. The molecule has 10 heavy (non-hydrogen) atoms. The van der Waals surface area contributed by atoms with Gasteiger partial charge in [0.15, 0.2) is 0 Å². The normalized spacial score (nSPS) is 15.1. The minimum Gasteiger partial charge on any atom is -0.390 e. The molecule has 0 amide bonds. The third-order valence-corrected chi connectivity index (χ3v) is 1.30. The van der Waals surface area contributed by atoms with Crippen molar-refractivity contribution in [2.24, 2.45) is 5.73 Å². The first-order chi connectivity index (χ1) is 4.45. The molecular weight excluding hydrogens is 160 g/mol. The Bertz CT molecular complexity index is 177. The summed E-state index contributed by atoms with van der Waals surface area (Å²) < 4.78 is 29.6. The minimum absolute atomic E-state index is 0.0531. The van der Waals surface area contributed by atoms with Crippen LogP contribution in [0.5, 0.6) is 0 Å². The smallest absolute Gasteiger partial charge is 0.333 e. The van der Waals surface area contributed by atoms with Gasteiger partial charge in [-0.3, -0.25) is 4.55 Å². The molecule has 0 fully saturated rings. The van der Waals surface area contributed by atoms with Crippen molar-refractivity contribution in [3.05, 3.63) is 0 Å². The fourth-order valence-corrected chi connectivity index (χ4v) is 0.688. The maximum Gasteiger partial charge on any atom is 0.333 e. The van der Waals surface area contributed by atoms with Crippen LogP contribution in [0.1, 0.15) is 0 Å². The van der Waals surface area contributed by atoms with Crippen LogP contribution in [0.15, 0.2) is 0 Å². The predicted molar refractivity (Wildman–Crippen MR) is 34.6 cm³/mol. The quantitative estimate of drug-likeness (QED) is 0.354. The fourth-order valence-electron chi connectivity index (χ4n) is 0.285. The maximum absolute atomic E-state index is 9.94. The average molecular weight is 170 g/mol. The molecule has 0 spiro atoms. The zero-order valence-electron chi connectivity index (χ0n) is 5.19. The molecular formula is C3H10N2O4S. The molecule has 6 nitrogen and oxygen atoms in total. The first-order valence-electron chi connectivity index (χ1n) is 2.56. The Kier molecular flexibility index (Phi) is 3.76. The van der Waals surface area contributed by atoms with Crippen LogP contribution in [0, 0.1) is 0 Å². The first kappa shape index (κ1) is 9.79. The predicted octanol–water partition coefficient (Wildman–Crippen LogP) is -2.30. The lowest BCUT2D eigenvalue weighted by atomic mass is 10.4. The molecule has 0 saturated heterocycles. The highest BCUT2D eigenvalue weighted by atomic mass is 32.2. The molecule has 0 rings (SSSR count). The third kappa shape index (κ3) is 5.92. The van der Waals surface area contributed by atoms with Crippen LogP contribution in [-0.2, 0) is 10.3 Å². The van der Waals surface area contributed by atoms with Crippen LogP contribution in [0.4, 0.5) is 0 Å². The topological polar surface area (TPSA) is 113 Å². The van der Waals surface area contributed by atoms with Gasteiger partial charge >= 0.3 is 10.3 Å². The number of rotatable bonds is 4. The van der Waals surface area contributed by atoms with Gasteiger partial charge in [0.25, 0.3) is 0 Å². The summed E-state index contributed by atoms with van der Waals surface area (Å²) >= 11 is 0. The van der Waals surface area contributed by atoms with Crippen molar-refractivity contribution in [1.29, 1.82) is 0 Å². The Labute approximate surface area is 58.9 Å². The van der Waals surface area contributed by atoms with Crippen LogP contribution in [0.2, 0.25) is 0 Å². The van der Waals surface area contributed by atoms with Crippen LogP contribution in [0.25, 0.3) is 0 Å². The molecule has 0 aromatic rings. The molecule has 0 aliphatic rings. The SMILES string of the molecule is NC[C@@H](O)CNS(=O)(=O)O. The summed E-state index contributed by atoms with van der Waals surface area (Å²) in [4.78, 5) is 0. The highest BCUT2D eigenvalue weighted by Gasteiger charge is 2.06. The molecule has 0 unspecified atom stereocenters. The van der Waals surface area contributed by atoms with E-state index in [1.54, 1.807) is 4.72 Å². The van der Waals surface area contributed by atoms with Crippen molar-refractivity contribution in [3.63, 3.8) is 0 Å². The van der Waals surface area contributed by atoms with Crippen LogP contribution < -0.4 is 10.5 Å². The van der Waals surface area contributed by atoms with Gasteiger partial charge in [-0.2, -0.15) is 13.1 Å². The molecule has 0 aliphatic carbocycles. The molecule has 1 atom stereocenters. The van der Waals surface area contributed by atoms with E-state index in [2.05, 4.69) is 0 Å².